The van der Waals surface area contributed by atoms with Crippen LogP contribution in [0.5, 0.6) is 0 Å². The van der Waals surface area contributed by atoms with Gasteiger partial charge in [0.2, 0.25) is 5.91 Å². The average Bonchev–Trinajstić information content (AvgIpc) is 2.17. The van der Waals surface area contributed by atoms with Crippen LogP contribution in [-0.2, 0) is 4.79 Å². The fourth-order valence-electron chi connectivity index (χ4n) is 1.03. The maximum absolute atomic E-state index is 11.1. The number of carbonyl (C=O) groups excluding carboxylic acids is 1. The molecule has 0 spiro atoms. The van der Waals surface area contributed by atoms with E-state index in [0.29, 0.717) is 11.6 Å². The highest BCUT2D eigenvalue weighted by Gasteiger charge is 2.06. The number of nitrogen functional groups attached to an aromatic ring is 1. The van der Waals surface area contributed by atoms with Crippen LogP contribution < -0.4 is 16.0 Å². The van der Waals surface area contributed by atoms with Gasteiger partial charge in [0.1, 0.15) is 11.6 Å². The molecule has 3 N–H and O–H groups in total. The van der Waals surface area contributed by atoms with Crippen molar-refractivity contribution in [2.75, 3.05) is 31.3 Å². The summed E-state index contributed by atoms with van der Waals surface area (Å²) in [7, 11) is 3.39. The quantitative estimate of drug-likeness (QED) is 0.701. The second-order valence-corrected chi connectivity index (χ2v) is 2.95. The van der Waals surface area contributed by atoms with E-state index in [9.17, 15) is 4.79 Å². The molecule has 0 aliphatic heterocycles. The maximum Gasteiger partial charge on any atom is 0.239 e. The number of pyridine rings is 1. The molecule has 5 heteroatoms. The van der Waals surface area contributed by atoms with Gasteiger partial charge in [-0.1, -0.05) is 6.07 Å². The summed E-state index contributed by atoms with van der Waals surface area (Å²) in [6.45, 7) is 0.271. The number of hydrogen-bond donors (Lipinski definition) is 2. The molecule has 1 aromatic heterocycles. The van der Waals surface area contributed by atoms with Crippen molar-refractivity contribution in [3.8, 4) is 0 Å². The summed E-state index contributed by atoms with van der Waals surface area (Å²) in [5, 5.41) is 2.54. The number of nitrogens with two attached hydrogens (primary N) is 1. The highest BCUT2D eigenvalue weighted by Crippen LogP contribution is 2.09. The SMILES string of the molecule is CNC(=O)CN(C)c1cccc(N)n1. The Morgan fingerprint density at radius 2 is 2.36 bits per heavy atom. The number of hydrogen-bond acceptors (Lipinski definition) is 4. The van der Waals surface area contributed by atoms with Crippen molar-refractivity contribution < 1.29 is 4.79 Å². The fraction of sp³-hybridized carbons (Fsp3) is 0.333. The van der Waals surface area contributed by atoms with Gasteiger partial charge in [0.05, 0.1) is 6.54 Å². The molecule has 1 amide bonds. The predicted molar refractivity (Wildman–Crippen MR) is 56.0 cm³/mol. The highest BCUT2D eigenvalue weighted by molar-refractivity contribution is 5.80. The number of carbonyl (C=O) groups is 1. The van der Waals surface area contributed by atoms with Crippen molar-refractivity contribution in [3.05, 3.63) is 18.2 Å². The third kappa shape index (κ3) is 2.62. The lowest BCUT2D eigenvalue weighted by Crippen LogP contribution is -2.33. The molecule has 1 aromatic rings. The van der Waals surface area contributed by atoms with Crippen LogP contribution in [0.3, 0.4) is 0 Å². The lowest BCUT2D eigenvalue weighted by molar-refractivity contribution is -0.119. The van der Waals surface area contributed by atoms with Gasteiger partial charge in [-0.2, -0.15) is 0 Å². The van der Waals surface area contributed by atoms with Crippen molar-refractivity contribution in [2.45, 2.75) is 0 Å². The van der Waals surface area contributed by atoms with Crippen molar-refractivity contribution in [1.82, 2.24) is 10.3 Å². The zero-order valence-electron chi connectivity index (χ0n) is 8.32. The van der Waals surface area contributed by atoms with Crippen LogP contribution in [-0.4, -0.2) is 31.5 Å². The maximum atomic E-state index is 11.1. The number of rotatable bonds is 3. The van der Waals surface area contributed by atoms with Crippen molar-refractivity contribution in [1.29, 1.82) is 0 Å². The molecular formula is C9H14N4O. The first kappa shape index (κ1) is 10.3. The summed E-state index contributed by atoms with van der Waals surface area (Å²) in [4.78, 5) is 16.9. The monoisotopic (exact) mass is 194 g/mol. The Balaban J connectivity index is 2.69. The van der Waals surface area contributed by atoms with Crippen LogP contribution in [0.1, 0.15) is 0 Å². The molecule has 0 aliphatic rings. The van der Waals surface area contributed by atoms with Gasteiger partial charge < -0.3 is 16.0 Å². The summed E-state index contributed by atoms with van der Waals surface area (Å²) >= 11 is 0. The first-order valence-electron chi connectivity index (χ1n) is 4.27. The Morgan fingerprint density at radius 1 is 1.64 bits per heavy atom. The van der Waals surface area contributed by atoms with Crippen molar-refractivity contribution in [2.24, 2.45) is 0 Å². The molecule has 1 rings (SSSR count). The highest BCUT2D eigenvalue weighted by atomic mass is 16.1. The van der Waals surface area contributed by atoms with Gasteiger partial charge in [-0.05, 0) is 12.1 Å². The van der Waals surface area contributed by atoms with Crippen LogP contribution in [0.15, 0.2) is 18.2 Å². The second kappa shape index (κ2) is 4.45. The first-order valence-corrected chi connectivity index (χ1v) is 4.27. The molecule has 0 saturated heterocycles. The number of aromatic nitrogens is 1. The zero-order chi connectivity index (χ0) is 10.6. The van der Waals surface area contributed by atoms with E-state index in [-0.39, 0.29) is 12.5 Å². The number of anilines is 2. The molecule has 5 nitrogen and oxygen atoms in total. The minimum absolute atomic E-state index is 0.0586. The Bertz CT molecular complexity index is 326. The van der Waals surface area contributed by atoms with E-state index in [2.05, 4.69) is 10.3 Å². The second-order valence-electron chi connectivity index (χ2n) is 2.95. The molecule has 0 bridgehead atoms. The summed E-state index contributed by atoms with van der Waals surface area (Å²) < 4.78 is 0. The third-order valence-corrected chi connectivity index (χ3v) is 1.81. The van der Waals surface area contributed by atoms with Crippen LogP contribution in [0, 0.1) is 0 Å². The molecule has 76 valence electrons. The molecule has 0 fully saturated rings. The van der Waals surface area contributed by atoms with Gasteiger partial charge in [-0.3, -0.25) is 4.79 Å². The average molecular weight is 194 g/mol. The van der Waals surface area contributed by atoms with Crippen LogP contribution in [0.2, 0.25) is 0 Å². The van der Waals surface area contributed by atoms with Crippen molar-refractivity contribution >= 4 is 17.5 Å². The fourth-order valence-corrected chi connectivity index (χ4v) is 1.03. The number of amides is 1. The van der Waals surface area contributed by atoms with E-state index < -0.39 is 0 Å². The van der Waals surface area contributed by atoms with Gasteiger partial charge in [0.15, 0.2) is 0 Å². The van der Waals surface area contributed by atoms with Crippen molar-refractivity contribution in [3.63, 3.8) is 0 Å². The summed E-state index contributed by atoms with van der Waals surface area (Å²) in [6, 6.07) is 5.31. The molecule has 0 aliphatic carbocycles. The molecule has 0 unspecified atom stereocenters. The van der Waals surface area contributed by atoms with Gasteiger partial charge in [-0.15, -0.1) is 0 Å². The lowest BCUT2D eigenvalue weighted by Gasteiger charge is -2.16. The summed E-state index contributed by atoms with van der Waals surface area (Å²) in [6.07, 6.45) is 0. The van der Waals surface area contributed by atoms with Gasteiger partial charge in [0, 0.05) is 14.1 Å². The Morgan fingerprint density at radius 3 is 2.93 bits per heavy atom. The van der Waals surface area contributed by atoms with Gasteiger partial charge in [0.25, 0.3) is 0 Å². The van der Waals surface area contributed by atoms with Crippen LogP contribution in [0.25, 0.3) is 0 Å². The van der Waals surface area contributed by atoms with Crippen LogP contribution >= 0.6 is 0 Å². The normalized spacial score (nSPS) is 9.57. The Labute approximate surface area is 82.9 Å². The summed E-state index contributed by atoms with van der Waals surface area (Å²) in [5.74, 6) is 1.08. The molecule has 0 atom stereocenters. The van der Waals surface area contributed by atoms with Gasteiger partial charge >= 0.3 is 0 Å². The van der Waals surface area contributed by atoms with Crippen LogP contribution in [0.4, 0.5) is 11.6 Å². The van der Waals surface area contributed by atoms with E-state index in [0.717, 1.165) is 0 Å². The Hall–Kier alpha value is -1.78. The number of likely N-dealkylation sites (N-methyl/N-ethyl adjacent to an activating group) is 2. The van der Waals surface area contributed by atoms with E-state index in [4.69, 9.17) is 5.73 Å². The smallest absolute Gasteiger partial charge is 0.239 e. The molecule has 0 aromatic carbocycles. The number of nitrogens with zero attached hydrogens (tertiary/aromatic N) is 2. The molecule has 1 heterocycles. The molecule has 14 heavy (non-hydrogen) atoms. The van der Waals surface area contributed by atoms with Gasteiger partial charge in [-0.25, -0.2) is 4.98 Å². The molecular weight excluding hydrogens is 180 g/mol. The first-order chi connectivity index (χ1) is 6.63. The minimum atomic E-state index is -0.0586. The zero-order valence-corrected chi connectivity index (χ0v) is 8.32. The standard InChI is InChI=1S/C9H14N4O/c1-11-9(14)6-13(2)8-5-3-4-7(10)12-8/h3-5H,6H2,1-2H3,(H2,10,12)(H,11,14). The topological polar surface area (TPSA) is 71.2 Å². The summed E-state index contributed by atoms with van der Waals surface area (Å²) in [5.41, 5.74) is 5.52. The minimum Gasteiger partial charge on any atom is -0.384 e. The van der Waals surface area contributed by atoms with E-state index in [1.807, 2.05) is 0 Å². The van der Waals surface area contributed by atoms with E-state index in [1.165, 1.54) is 0 Å². The lowest BCUT2D eigenvalue weighted by atomic mass is 10.4. The predicted octanol–water partition coefficient (Wildman–Crippen LogP) is -0.154. The molecule has 0 saturated carbocycles. The van der Waals surface area contributed by atoms with E-state index in [1.54, 1.807) is 37.2 Å². The third-order valence-electron chi connectivity index (χ3n) is 1.81. The van der Waals surface area contributed by atoms with E-state index >= 15 is 0 Å². The Kier molecular flexibility index (Phi) is 3.28. The molecule has 0 radical (unpaired) electrons. The largest absolute Gasteiger partial charge is 0.384 e. The number of nitrogens with one attached hydrogen (secondary N) is 1.